The Morgan fingerprint density at radius 3 is 2.30 bits per heavy atom. The molecule has 0 unspecified atom stereocenters. The molecule has 2 aliphatic rings. The van der Waals surface area contributed by atoms with Crippen molar-refractivity contribution in [3.63, 3.8) is 0 Å². The molecular formula is C20H31N3O3S. The van der Waals surface area contributed by atoms with E-state index in [-0.39, 0.29) is 11.7 Å². The summed E-state index contributed by atoms with van der Waals surface area (Å²) in [7, 11) is -3.36. The first kappa shape index (κ1) is 20.1. The van der Waals surface area contributed by atoms with Crippen molar-refractivity contribution >= 4 is 21.4 Å². The van der Waals surface area contributed by atoms with Crippen molar-refractivity contribution < 1.29 is 13.2 Å². The van der Waals surface area contributed by atoms with Crippen molar-refractivity contribution in [2.45, 2.75) is 38.5 Å². The van der Waals surface area contributed by atoms with Gasteiger partial charge in [-0.2, -0.15) is 0 Å². The lowest BCUT2D eigenvalue weighted by atomic mass is 10.2. The van der Waals surface area contributed by atoms with Crippen molar-refractivity contribution in [1.82, 2.24) is 9.80 Å². The number of benzene rings is 1. The van der Waals surface area contributed by atoms with Crippen molar-refractivity contribution in [2.75, 3.05) is 49.9 Å². The van der Waals surface area contributed by atoms with E-state index in [1.54, 1.807) is 13.8 Å². The fourth-order valence-corrected chi connectivity index (χ4v) is 5.30. The Kier molecular flexibility index (Phi) is 5.82. The van der Waals surface area contributed by atoms with E-state index in [1.165, 1.54) is 16.2 Å². The van der Waals surface area contributed by atoms with Gasteiger partial charge in [0.15, 0.2) is 9.84 Å². The predicted molar refractivity (Wildman–Crippen MR) is 109 cm³/mol. The highest BCUT2D eigenvalue weighted by Crippen LogP contribution is 2.30. The number of amides is 1. The molecule has 0 saturated carbocycles. The highest BCUT2D eigenvalue weighted by Gasteiger charge is 2.50. The van der Waals surface area contributed by atoms with E-state index in [4.69, 9.17) is 0 Å². The van der Waals surface area contributed by atoms with Gasteiger partial charge in [-0.25, -0.2) is 8.42 Å². The van der Waals surface area contributed by atoms with E-state index in [2.05, 4.69) is 41.0 Å². The third-order valence-electron chi connectivity index (χ3n) is 5.87. The number of piperazine rings is 1. The maximum absolute atomic E-state index is 12.1. The summed E-state index contributed by atoms with van der Waals surface area (Å²) < 4.78 is 24.2. The van der Waals surface area contributed by atoms with Crippen LogP contribution in [0.3, 0.4) is 0 Å². The van der Waals surface area contributed by atoms with E-state index >= 15 is 0 Å². The summed E-state index contributed by atoms with van der Waals surface area (Å²) in [6.07, 6.45) is 1.81. The summed E-state index contributed by atoms with van der Waals surface area (Å²) in [5, 5.41) is 0. The molecule has 0 aromatic heterocycles. The highest BCUT2D eigenvalue weighted by molar-refractivity contribution is 7.93. The van der Waals surface area contributed by atoms with E-state index in [9.17, 15) is 13.2 Å². The summed E-state index contributed by atoms with van der Waals surface area (Å²) >= 11 is 0. The number of unbranched alkanes of at least 4 members (excludes halogenated alkanes) is 1. The average Bonchev–Trinajstić information content (AvgIpc) is 2.76. The van der Waals surface area contributed by atoms with Gasteiger partial charge < -0.3 is 9.80 Å². The van der Waals surface area contributed by atoms with Crippen LogP contribution in [0.5, 0.6) is 0 Å². The number of hydrogen-bond donors (Lipinski definition) is 0. The number of hydrogen-bond acceptors (Lipinski definition) is 5. The quantitative estimate of drug-likeness (QED) is 0.691. The molecule has 1 aromatic carbocycles. The molecule has 0 radical (unpaired) electrons. The second kappa shape index (κ2) is 7.80. The molecule has 1 amide bonds. The predicted octanol–water partition coefficient (Wildman–Crippen LogP) is 1.89. The summed E-state index contributed by atoms with van der Waals surface area (Å²) in [4.78, 5) is 17.4. The number of carbonyl (C=O) groups is 1. The smallest absolute Gasteiger partial charge is 0.239 e. The first-order valence-electron chi connectivity index (χ1n) is 9.77. The molecule has 3 rings (SSSR count). The van der Waals surface area contributed by atoms with E-state index in [0.717, 1.165) is 45.6 Å². The Balaban J connectivity index is 1.40. The third kappa shape index (κ3) is 4.29. The van der Waals surface area contributed by atoms with Gasteiger partial charge in [-0.15, -0.1) is 0 Å². The molecule has 0 bridgehead atoms. The molecule has 2 aliphatic heterocycles. The van der Waals surface area contributed by atoms with Crippen LogP contribution in [0.1, 0.15) is 32.3 Å². The lowest BCUT2D eigenvalue weighted by Crippen LogP contribution is -2.47. The van der Waals surface area contributed by atoms with Gasteiger partial charge in [0.25, 0.3) is 0 Å². The Labute approximate surface area is 163 Å². The van der Waals surface area contributed by atoms with Crippen LogP contribution in [-0.2, 0) is 14.6 Å². The zero-order valence-electron chi connectivity index (χ0n) is 16.6. The second-order valence-corrected chi connectivity index (χ2v) is 10.6. The van der Waals surface area contributed by atoms with Crippen LogP contribution in [0.2, 0.25) is 0 Å². The van der Waals surface area contributed by atoms with Gasteiger partial charge >= 0.3 is 0 Å². The van der Waals surface area contributed by atoms with Crippen LogP contribution in [-0.4, -0.2) is 74.0 Å². The van der Waals surface area contributed by atoms with Gasteiger partial charge in [0.05, 0.1) is 0 Å². The van der Waals surface area contributed by atoms with E-state index < -0.39 is 14.7 Å². The van der Waals surface area contributed by atoms with Crippen LogP contribution in [0.4, 0.5) is 5.69 Å². The molecule has 1 aromatic rings. The molecule has 0 N–H and O–H groups in total. The number of aryl methyl sites for hydroxylation is 1. The lowest BCUT2D eigenvalue weighted by molar-refractivity contribution is -0.129. The van der Waals surface area contributed by atoms with E-state index in [0.29, 0.717) is 6.54 Å². The molecule has 0 atom stereocenters. The lowest BCUT2D eigenvalue weighted by Gasteiger charge is -2.36. The third-order valence-corrected chi connectivity index (χ3v) is 8.24. The van der Waals surface area contributed by atoms with Crippen LogP contribution in [0.15, 0.2) is 24.3 Å². The Morgan fingerprint density at radius 2 is 1.70 bits per heavy atom. The van der Waals surface area contributed by atoms with Crippen LogP contribution in [0, 0.1) is 6.92 Å². The van der Waals surface area contributed by atoms with Crippen molar-refractivity contribution in [1.29, 1.82) is 0 Å². The molecule has 2 heterocycles. The van der Waals surface area contributed by atoms with Crippen molar-refractivity contribution in [2.24, 2.45) is 0 Å². The van der Waals surface area contributed by atoms with Crippen LogP contribution in [0.25, 0.3) is 0 Å². The second-order valence-electron chi connectivity index (χ2n) is 8.13. The van der Waals surface area contributed by atoms with Gasteiger partial charge in [0, 0.05) is 38.4 Å². The van der Waals surface area contributed by atoms with Gasteiger partial charge in [-0.05, 0) is 57.9 Å². The molecule has 150 valence electrons. The zero-order chi connectivity index (χ0) is 19.7. The molecule has 2 fully saturated rings. The minimum absolute atomic E-state index is 0.258. The highest BCUT2D eigenvalue weighted by atomic mass is 32.2. The normalized spacial score (nSPS) is 22.4. The molecule has 7 heteroatoms. The average molecular weight is 394 g/mol. The Hall–Kier alpha value is -1.60. The molecule has 27 heavy (non-hydrogen) atoms. The van der Waals surface area contributed by atoms with Gasteiger partial charge in [0.1, 0.15) is 10.6 Å². The molecule has 2 saturated heterocycles. The number of rotatable bonds is 6. The van der Waals surface area contributed by atoms with Gasteiger partial charge in [-0.1, -0.05) is 12.1 Å². The molecule has 6 nitrogen and oxygen atoms in total. The minimum atomic E-state index is -3.36. The van der Waals surface area contributed by atoms with Gasteiger partial charge in [-0.3, -0.25) is 9.69 Å². The monoisotopic (exact) mass is 393 g/mol. The molecular weight excluding hydrogens is 362 g/mol. The van der Waals surface area contributed by atoms with Crippen molar-refractivity contribution in [3.05, 3.63) is 29.8 Å². The summed E-state index contributed by atoms with van der Waals surface area (Å²) in [6.45, 7) is 11.0. The minimum Gasteiger partial charge on any atom is -0.369 e. The number of anilines is 1. The maximum atomic E-state index is 12.1. The molecule has 0 aliphatic carbocycles. The summed E-state index contributed by atoms with van der Waals surface area (Å²) in [5.74, 6) is -0.604. The standard InChI is InChI=1S/C20H31N3O3S/c1-17-7-6-8-18(15-17)22-13-11-21(12-14-22)9-4-5-10-23-19(24)16-27(25,26)20(23,2)3/h6-8,15H,4-5,9-14,16H2,1-3H3. The fourth-order valence-electron chi connectivity index (χ4n) is 3.94. The molecule has 0 spiro atoms. The Morgan fingerprint density at radius 1 is 1.04 bits per heavy atom. The number of sulfone groups is 1. The Bertz CT molecular complexity index is 783. The van der Waals surface area contributed by atoms with Gasteiger partial charge in [0.2, 0.25) is 5.91 Å². The van der Waals surface area contributed by atoms with E-state index in [1.807, 2.05) is 0 Å². The van der Waals surface area contributed by atoms with Crippen molar-refractivity contribution in [3.8, 4) is 0 Å². The first-order chi connectivity index (χ1) is 12.7. The largest absolute Gasteiger partial charge is 0.369 e. The number of carbonyl (C=O) groups excluding carboxylic acids is 1. The number of nitrogens with zero attached hydrogens (tertiary/aromatic N) is 3. The fraction of sp³-hybridized carbons (Fsp3) is 0.650. The zero-order valence-corrected chi connectivity index (χ0v) is 17.5. The van der Waals surface area contributed by atoms with Crippen LogP contribution >= 0.6 is 0 Å². The summed E-state index contributed by atoms with van der Waals surface area (Å²) in [6, 6.07) is 8.64. The summed E-state index contributed by atoms with van der Waals surface area (Å²) in [5.41, 5.74) is 2.59. The van der Waals surface area contributed by atoms with Crippen LogP contribution < -0.4 is 4.90 Å². The topological polar surface area (TPSA) is 60.9 Å². The maximum Gasteiger partial charge on any atom is 0.239 e. The first-order valence-corrected chi connectivity index (χ1v) is 11.4. The SMILES string of the molecule is Cc1cccc(N2CCN(CCCCN3C(=O)CS(=O)(=O)C3(C)C)CC2)c1.